The Kier molecular flexibility index (Phi) is 3.87. The van der Waals surface area contributed by atoms with Crippen molar-refractivity contribution in [3.05, 3.63) is 59.7 Å². The van der Waals surface area contributed by atoms with Crippen LogP contribution in [0.15, 0.2) is 47.7 Å². The Morgan fingerprint density at radius 1 is 1.27 bits per heavy atom. The van der Waals surface area contributed by atoms with Gasteiger partial charge in [0.05, 0.1) is 17.5 Å². The van der Waals surface area contributed by atoms with Crippen molar-refractivity contribution >= 4 is 16.9 Å². The average molecular weight is 293 g/mol. The number of fused-ring (bicyclic) bond motifs is 1. The third-order valence-corrected chi connectivity index (χ3v) is 3.59. The normalized spacial score (nSPS) is 12.0. The van der Waals surface area contributed by atoms with Crippen molar-refractivity contribution in [2.75, 3.05) is 6.54 Å². The number of rotatable bonds is 4. The fraction of sp³-hybridized carbons (Fsp3) is 0.235. The zero-order chi connectivity index (χ0) is 15.5. The Balaban J connectivity index is 2.13. The lowest BCUT2D eigenvalue weighted by atomic mass is 10.1. The standard InChI is InChI=1S/C17H19N5/c1-3-19-17(18)14-10-15-16(20-11-22(15)2)13(21-14)9-12-7-5-4-6-8-12/h4-8,10-11H,3,9H2,1-2H3,(H2,18,19). The minimum absolute atomic E-state index is 0.472. The number of aliphatic imine (C=N–C) groups is 1. The van der Waals surface area contributed by atoms with Crippen LogP contribution < -0.4 is 5.73 Å². The maximum absolute atomic E-state index is 6.04. The summed E-state index contributed by atoms with van der Waals surface area (Å²) in [5.41, 5.74) is 10.8. The molecule has 0 bridgehead atoms. The van der Waals surface area contributed by atoms with Crippen molar-refractivity contribution in [2.45, 2.75) is 13.3 Å². The van der Waals surface area contributed by atoms with E-state index in [0.717, 1.165) is 23.1 Å². The highest BCUT2D eigenvalue weighted by Gasteiger charge is 2.12. The topological polar surface area (TPSA) is 69.1 Å². The molecule has 112 valence electrons. The molecular weight excluding hydrogens is 274 g/mol. The highest BCUT2D eigenvalue weighted by Crippen LogP contribution is 2.19. The Bertz CT molecular complexity index is 818. The second-order valence-corrected chi connectivity index (χ2v) is 5.20. The second-order valence-electron chi connectivity index (χ2n) is 5.20. The Labute approximate surface area is 129 Å². The lowest BCUT2D eigenvalue weighted by Crippen LogP contribution is -2.17. The molecule has 2 heterocycles. The van der Waals surface area contributed by atoms with Gasteiger partial charge in [-0.05, 0) is 18.6 Å². The van der Waals surface area contributed by atoms with Crippen molar-refractivity contribution in [1.82, 2.24) is 14.5 Å². The molecule has 5 nitrogen and oxygen atoms in total. The maximum atomic E-state index is 6.04. The monoisotopic (exact) mass is 293 g/mol. The molecule has 3 aromatic rings. The summed E-state index contributed by atoms with van der Waals surface area (Å²) < 4.78 is 1.98. The van der Waals surface area contributed by atoms with E-state index in [1.165, 1.54) is 5.56 Å². The molecule has 0 radical (unpaired) electrons. The van der Waals surface area contributed by atoms with Crippen molar-refractivity contribution in [2.24, 2.45) is 17.8 Å². The number of nitrogens with two attached hydrogens (primary N) is 1. The fourth-order valence-corrected chi connectivity index (χ4v) is 2.49. The van der Waals surface area contributed by atoms with E-state index in [9.17, 15) is 0 Å². The number of nitrogens with zero attached hydrogens (tertiary/aromatic N) is 4. The first-order valence-electron chi connectivity index (χ1n) is 7.34. The summed E-state index contributed by atoms with van der Waals surface area (Å²) in [5.74, 6) is 0.472. The third kappa shape index (κ3) is 2.70. The maximum Gasteiger partial charge on any atom is 0.144 e. The van der Waals surface area contributed by atoms with E-state index in [-0.39, 0.29) is 0 Å². The summed E-state index contributed by atoms with van der Waals surface area (Å²) in [7, 11) is 1.97. The molecule has 0 fully saturated rings. The number of imidazole rings is 1. The molecule has 0 aliphatic carbocycles. The molecule has 2 N–H and O–H groups in total. The van der Waals surface area contributed by atoms with E-state index in [1.54, 1.807) is 6.33 Å². The second kappa shape index (κ2) is 5.97. The van der Waals surface area contributed by atoms with E-state index in [0.29, 0.717) is 18.1 Å². The summed E-state index contributed by atoms with van der Waals surface area (Å²) in [5, 5.41) is 0. The molecule has 5 heteroatoms. The van der Waals surface area contributed by atoms with Gasteiger partial charge in [0.2, 0.25) is 0 Å². The predicted molar refractivity (Wildman–Crippen MR) is 89.0 cm³/mol. The van der Waals surface area contributed by atoms with Crippen LogP contribution in [-0.4, -0.2) is 26.9 Å². The summed E-state index contributed by atoms with van der Waals surface area (Å²) in [4.78, 5) is 13.4. The van der Waals surface area contributed by atoms with Crippen LogP contribution in [0.5, 0.6) is 0 Å². The number of pyridine rings is 1. The van der Waals surface area contributed by atoms with Crippen LogP contribution in [-0.2, 0) is 13.5 Å². The molecule has 3 rings (SSSR count). The zero-order valence-electron chi connectivity index (χ0n) is 12.8. The minimum Gasteiger partial charge on any atom is -0.382 e. The molecule has 1 aromatic carbocycles. The van der Waals surface area contributed by atoms with Gasteiger partial charge < -0.3 is 10.3 Å². The molecule has 22 heavy (non-hydrogen) atoms. The molecule has 0 aliphatic heterocycles. The fourth-order valence-electron chi connectivity index (χ4n) is 2.49. The minimum atomic E-state index is 0.472. The van der Waals surface area contributed by atoms with Gasteiger partial charge in [-0.15, -0.1) is 0 Å². The molecule has 0 saturated heterocycles. The third-order valence-electron chi connectivity index (χ3n) is 3.59. The number of hydrogen-bond donors (Lipinski definition) is 1. The molecule has 0 amide bonds. The number of amidine groups is 1. The first-order chi connectivity index (χ1) is 10.7. The largest absolute Gasteiger partial charge is 0.382 e. The van der Waals surface area contributed by atoms with Crippen LogP contribution in [0.2, 0.25) is 0 Å². The van der Waals surface area contributed by atoms with Crippen molar-refractivity contribution in [3.8, 4) is 0 Å². The first kappa shape index (κ1) is 14.3. The number of aryl methyl sites for hydroxylation is 1. The first-order valence-corrected chi connectivity index (χ1v) is 7.34. The molecule has 2 aromatic heterocycles. The van der Waals surface area contributed by atoms with E-state index >= 15 is 0 Å². The summed E-state index contributed by atoms with van der Waals surface area (Å²) >= 11 is 0. The SMILES string of the molecule is CCN=C(N)c1cc2c(ncn2C)c(Cc2ccccc2)n1. The van der Waals surface area contributed by atoms with Gasteiger partial charge in [0.1, 0.15) is 17.0 Å². The van der Waals surface area contributed by atoms with Crippen molar-refractivity contribution < 1.29 is 0 Å². The average Bonchev–Trinajstić information content (AvgIpc) is 2.90. The predicted octanol–water partition coefficient (Wildman–Crippen LogP) is 2.28. The Hall–Kier alpha value is -2.69. The number of aromatic nitrogens is 3. The molecule has 0 unspecified atom stereocenters. The smallest absolute Gasteiger partial charge is 0.144 e. The summed E-state index contributed by atoms with van der Waals surface area (Å²) in [6.07, 6.45) is 2.53. The Morgan fingerprint density at radius 2 is 2.05 bits per heavy atom. The highest BCUT2D eigenvalue weighted by atomic mass is 15.0. The summed E-state index contributed by atoms with van der Waals surface area (Å²) in [6.45, 7) is 2.60. The molecule has 0 saturated carbocycles. The van der Waals surface area contributed by atoms with Crippen molar-refractivity contribution in [1.29, 1.82) is 0 Å². The number of benzene rings is 1. The number of hydrogen-bond acceptors (Lipinski definition) is 3. The van der Waals surface area contributed by atoms with Gasteiger partial charge in [-0.25, -0.2) is 9.97 Å². The molecule has 0 atom stereocenters. The van der Waals surface area contributed by atoms with Crippen LogP contribution in [0.4, 0.5) is 0 Å². The van der Waals surface area contributed by atoms with E-state index in [1.807, 2.05) is 42.8 Å². The van der Waals surface area contributed by atoms with E-state index in [2.05, 4.69) is 22.1 Å². The van der Waals surface area contributed by atoms with Crippen molar-refractivity contribution in [3.63, 3.8) is 0 Å². The summed E-state index contributed by atoms with van der Waals surface area (Å²) in [6, 6.07) is 12.2. The van der Waals surface area contributed by atoms with Gasteiger partial charge in [0.15, 0.2) is 0 Å². The van der Waals surface area contributed by atoms with E-state index in [4.69, 9.17) is 10.7 Å². The lowest BCUT2D eigenvalue weighted by Gasteiger charge is -2.07. The van der Waals surface area contributed by atoms with Crippen LogP contribution in [0, 0.1) is 0 Å². The van der Waals surface area contributed by atoms with Gasteiger partial charge in [0, 0.05) is 20.0 Å². The van der Waals surface area contributed by atoms with Gasteiger partial charge in [-0.3, -0.25) is 4.99 Å². The van der Waals surface area contributed by atoms with Crippen LogP contribution in [0.3, 0.4) is 0 Å². The Morgan fingerprint density at radius 3 is 2.77 bits per heavy atom. The van der Waals surface area contributed by atoms with Gasteiger partial charge in [-0.1, -0.05) is 30.3 Å². The lowest BCUT2D eigenvalue weighted by molar-refractivity contribution is 0.946. The van der Waals surface area contributed by atoms with Gasteiger partial charge in [0.25, 0.3) is 0 Å². The molecular formula is C17H19N5. The van der Waals surface area contributed by atoms with Gasteiger partial charge >= 0.3 is 0 Å². The zero-order valence-corrected chi connectivity index (χ0v) is 12.8. The van der Waals surface area contributed by atoms with Crippen LogP contribution in [0.1, 0.15) is 23.9 Å². The molecule has 0 aliphatic rings. The van der Waals surface area contributed by atoms with E-state index < -0.39 is 0 Å². The van der Waals surface area contributed by atoms with Crippen LogP contribution in [0.25, 0.3) is 11.0 Å². The highest BCUT2D eigenvalue weighted by molar-refractivity contribution is 5.98. The quantitative estimate of drug-likeness (QED) is 0.592. The van der Waals surface area contributed by atoms with Crippen LogP contribution >= 0.6 is 0 Å². The molecule has 0 spiro atoms. The van der Waals surface area contributed by atoms with Gasteiger partial charge in [-0.2, -0.15) is 0 Å².